The van der Waals surface area contributed by atoms with E-state index in [1.54, 1.807) is 12.4 Å². The molecule has 2 rings (SSSR count). The summed E-state index contributed by atoms with van der Waals surface area (Å²) in [7, 11) is 0. The van der Waals surface area contributed by atoms with E-state index in [9.17, 15) is 4.79 Å². The van der Waals surface area contributed by atoms with E-state index in [-0.39, 0.29) is 11.9 Å². The fourth-order valence-electron chi connectivity index (χ4n) is 2.13. The molecule has 1 aromatic heterocycles. The van der Waals surface area contributed by atoms with Gasteiger partial charge in [0.2, 0.25) is 5.91 Å². The number of carbonyl (C=O) groups is 1. The summed E-state index contributed by atoms with van der Waals surface area (Å²) in [5, 5.41) is 2.87. The lowest BCUT2D eigenvalue weighted by Crippen LogP contribution is -2.55. The minimum absolute atomic E-state index is 0.0573. The number of piperazine rings is 1. The normalized spacial score (nSPS) is 20.2. The Morgan fingerprint density at radius 2 is 2.41 bits per heavy atom. The van der Waals surface area contributed by atoms with E-state index in [4.69, 9.17) is 5.73 Å². The largest absolute Gasteiger partial charge is 0.396 e. The van der Waals surface area contributed by atoms with E-state index in [0.717, 1.165) is 23.1 Å². The summed E-state index contributed by atoms with van der Waals surface area (Å²) in [6.45, 7) is 3.40. The Morgan fingerprint density at radius 3 is 3.06 bits per heavy atom. The second-order valence-corrected chi connectivity index (χ2v) is 4.82. The first-order chi connectivity index (χ1) is 8.15. The number of nitrogen functional groups attached to an aromatic ring is 1. The van der Waals surface area contributed by atoms with Gasteiger partial charge in [-0.15, -0.1) is 0 Å². The predicted molar refractivity (Wildman–Crippen MR) is 70.8 cm³/mol. The molecule has 3 N–H and O–H groups in total. The zero-order valence-corrected chi connectivity index (χ0v) is 11.2. The van der Waals surface area contributed by atoms with E-state index in [1.807, 2.05) is 11.8 Å². The number of hydrogen-bond donors (Lipinski definition) is 2. The van der Waals surface area contributed by atoms with Gasteiger partial charge in [-0.3, -0.25) is 9.78 Å². The topological polar surface area (TPSA) is 71.2 Å². The number of hydrogen-bond acceptors (Lipinski definition) is 4. The molecule has 1 aliphatic heterocycles. The number of carbonyl (C=O) groups excluding carboxylic acids is 1. The Kier molecular flexibility index (Phi) is 3.51. The molecule has 1 atom stereocenters. The highest BCUT2D eigenvalue weighted by Gasteiger charge is 2.30. The number of aromatic nitrogens is 1. The first-order valence-electron chi connectivity index (χ1n) is 5.58. The van der Waals surface area contributed by atoms with Crippen LogP contribution in [0, 0.1) is 0 Å². The molecule has 1 amide bonds. The zero-order chi connectivity index (χ0) is 12.4. The summed E-state index contributed by atoms with van der Waals surface area (Å²) in [6, 6.07) is -0.162. The summed E-state index contributed by atoms with van der Waals surface area (Å²) in [5.41, 5.74) is 7.40. The van der Waals surface area contributed by atoms with Gasteiger partial charge in [0.25, 0.3) is 0 Å². The van der Waals surface area contributed by atoms with Crippen LogP contribution in [0.3, 0.4) is 0 Å². The van der Waals surface area contributed by atoms with Gasteiger partial charge in [-0.05, 0) is 22.4 Å². The van der Waals surface area contributed by atoms with Crippen LogP contribution in [0.1, 0.15) is 13.3 Å². The van der Waals surface area contributed by atoms with Gasteiger partial charge in [-0.25, -0.2) is 0 Å². The van der Waals surface area contributed by atoms with Crippen LogP contribution < -0.4 is 16.0 Å². The van der Waals surface area contributed by atoms with Crippen LogP contribution in [0.5, 0.6) is 0 Å². The van der Waals surface area contributed by atoms with Crippen LogP contribution in [0.2, 0.25) is 0 Å². The molecule has 1 aliphatic rings. The van der Waals surface area contributed by atoms with E-state index in [0.29, 0.717) is 12.2 Å². The Bertz CT molecular complexity index is 417. The lowest BCUT2D eigenvalue weighted by Gasteiger charge is -2.37. The average Bonchev–Trinajstić information content (AvgIpc) is 2.29. The predicted octanol–water partition coefficient (Wildman–Crippen LogP) is 1.14. The molecule has 0 spiro atoms. The van der Waals surface area contributed by atoms with E-state index < -0.39 is 0 Å². The summed E-state index contributed by atoms with van der Waals surface area (Å²) in [5.74, 6) is 0.0573. The third-order valence-electron chi connectivity index (χ3n) is 2.91. The fourth-order valence-corrected chi connectivity index (χ4v) is 2.71. The van der Waals surface area contributed by atoms with Crippen molar-refractivity contribution in [1.82, 2.24) is 10.3 Å². The highest BCUT2D eigenvalue weighted by Crippen LogP contribution is 2.33. The molecule has 2 heterocycles. The minimum Gasteiger partial charge on any atom is -0.396 e. The number of halogens is 1. The molecule has 92 valence electrons. The molecule has 0 aliphatic carbocycles. The maximum absolute atomic E-state index is 11.8. The number of nitrogens with two attached hydrogens (primary N) is 1. The van der Waals surface area contributed by atoms with Crippen LogP contribution in [0.15, 0.2) is 16.9 Å². The molecule has 6 heteroatoms. The second-order valence-electron chi connectivity index (χ2n) is 3.97. The van der Waals surface area contributed by atoms with E-state index in [1.165, 1.54) is 0 Å². The lowest BCUT2D eigenvalue weighted by atomic mass is 10.1. The molecule has 0 aromatic carbocycles. The molecule has 0 bridgehead atoms. The standard InChI is InChI=1S/C11H15BrN4O/c1-2-9-11(17)15-3-4-16(9)10-7(12)5-14-6-8(10)13/h5-6,9H,2-4,13H2,1H3,(H,15,17). The lowest BCUT2D eigenvalue weighted by molar-refractivity contribution is -0.123. The Hall–Kier alpha value is -1.30. The molecule has 1 fully saturated rings. The summed E-state index contributed by atoms with van der Waals surface area (Å²) >= 11 is 3.44. The highest BCUT2D eigenvalue weighted by atomic mass is 79.9. The van der Waals surface area contributed by atoms with Crippen molar-refractivity contribution < 1.29 is 4.79 Å². The number of pyridine rings is 1. The van der Waals surface area contributed by atoms with Gasteiger partial charge in [-0.1, -0.05) is 6.92 Å². The molecule has 0 saturated carbocycles. The van der Waals surface area contributed by atoms with Gasteiger partial charge in [0, 0.05) is 19.3 Å². The second kappa shape index (κ2) is 4.91. The number of rotatable bonds is 2. The van der Waals surface area contributed by atoms with Crippen LogP contribution in [0.4, 0.5) is 11.4 Å². The zero-order valence-electron chi connectivity index (χ0n) is 9.61. The van der Waals surface area contributed by atoms with Crippen molar-refractivity contribution in [3.8, 4) is 0 Å². The quantitative estimate of drug-likeness (QED) is 0.859. The minimum atomic E-state index is -0.162. The Balaban J connectivity index is 2.40. The number of anilines is 2. The van der Waals surface area contributed by atoms with Crippen LogP contribution in [-0.2, 0) is 4.79 Å². The molecule has 1 aromatic rings. The van der Waals surface area contributed by atoms with Gasteiger partial charge in [0.05, 0.1) is 22.0 Å². The molecule has 5 nitrogen and oxygen atoms in total. The van der Waals surface area contributed by atoms with Crippen molar-refractivity contribution in [3.05, 3.63) is 16.9 Å². The van der Waals surface area contributed by atoms with Crippen molar-refractivity contribution in [2.75, 3.05) is 23.7 Å². The van der Waals surface area contributed by atoms with Gasteiger partial charge in [0.1, 0.15) is 6.04 Å². The smallest absolute Gasteiger partial charge is 0.242 e. The first-order valence-corrected chi connectivity index (χ1v) is 6.37. The first kappa shape index (κ1) is 12.2. The highest BCUT2D eigenvalue weighted by molar-refractivity contribution is 9.10. The van der Waals surface area contributed by atoms with Crippen LogP contribution >= 0.6 is 15.9 Å². The van der Waals surface area contributed by atoms with Gasteiger partial charge >= 0.3 is 0 Å². The maximum atomic E-state index is 11.8. The van der Waals surface area contributed by atoms with Crippen LogP contribution in [0.25, 0.3) is 0 Å². The van der Waals surface area contributed by atoms with Gasteiger partial charge in [0.15, 0.2) is 0 Å². The van der Waals surface area contributed by atoms with Gasteiger partial charge < -0.3 is 16.0 Å². The van der Waals surface area contributed by atoms with Crippen molar-refractivity contribution in [1.29, 1.82) is 0 Å². The van der Waals surface area contributed by atoms with Crippen molar-refractivity contribution in [3.63, 3.8) is 0 Å². The number of nitrogens with zero attached hydrogens (tertiary/aromatic N) is 2. The van der Waals surface area contributed by atoms with E-state index >= 15 is 0 Å². The molecule has 17 heavy (non-hydrogen) atoms. The summed E-state index contributed by atoms with van der Waals surface area (Å²) in [4.78, 5) is 17.9. The third kappa shape index (κ3) is 2.22. The SMILES string of the molecule is CCC1C(=O)NCCN1c1c(N)cncc1Br. The van der Waals surface area contributed by atoms with Crippen LogP contribution in [-0.4, -0.2) is 30.0 Å². The number of nitrogens with one attached hydrogen (secondary N) is 1. The van der Waals surface area contributed by atoms with E-state index in [2.05, 4.69) is 26.2 Å². The molecule has 1 unspecified atom stereocenters. The monoisotopic (exact) mass is 298 g/mol. The molecule has 0 radical (unpaired) electrons. The van der Waals surface area contributed by atoms with Gasteiger partial charge in [-0.2, -0.15) is 0 Å². The van der Waals surface area contributed by atoms with Crippen molar-refractivity contribution in [2.24, 2.45) is 0 Å². The summed E-state index contributed by atoms with van der Waals surface area (Å²) in [6.07, 6.45) is 4.06. The Morgan fingerprint density at radius 1 is 1.65 bits per heavy atom. The number of amides is 1. The molecule has 1 saturated heterocycles. The molecular weight excluding hydrogens is 284 g/mol. The van der Waals surface area contributed by atoms with Crippen molar-refractivity contribution in [2.45, 2.75) is 19.4 Å². The maximum Gasteiger partial charge on any atom is 0.242 e. The van der Waals surface area contributed by atoms with Crippen molar-refractivity contribution >= 4 is 33.2 Å². The average molecular weight is 299 g/mol. The fraction of sp³-hybridized carbons (Fsp3) is 0.455. The third-order valence-corrected chi connectivity index (χ3v) is 3.49. The Labute approximate surface area is 109 Å². The molecular formula is C11H15BrN4O. The summed E-state index contributed by atoms with van der Waals surface area (Å²) < 4.78 is 0.825.